The Kier molecular flexibility index (Phi) is 5.72. The zero-order valence-electron chi connectivity index (χ0n) is 20.4. The number of hydrogen-bond donors (Lipinski definition) is 1. The quantitative estimate of drug-likeness (QED) is 0.585. The summed E-state index contributed by atoms with van der Waals surface area (Å²) in [7, 11) is 1.92. The second-order valence-electron chi connectivity index (χ2n) is 11.4. The number of fused-ring (bicyclic) bond motifs is 5. The van der Waals surface area contributed by atoms with E-state index < -0.39 is 6.36 Å². The maximum atomic E-state index is 13.3. The number of likely N-dealkylation sites (N-methyl/N-ethyl adjacent to an activating group) is 1. The van der Waals surface area contributed by atoms with Crippen LogP contribution in [0.1, 0.15) is 52.4 Å². The molecule has 1 N–H and O–H groups in total. The predicted molar refractivity (Wildman–Crippen MR) is 125 cm³/mol. The van der Waals surface area contributed by atoms with Crippen molar-refractivity contribution < 1.29 is 27.5 Å². The number of ether oxygens (including phenoxy) is 1. The first kappa shape index (κ1) is 24.2. The van der Waals surface area contributed by atoms with Crippen molar-refractivity contribution in [2.24, 2.45) is 34.5 Å². The highest BCUT2D eigenvalue weighted by atomic mass is 19.4. The third-order valence-corrected chi connectivity index (χ3v) is 9.80. The van der Waals surface area contributed by atoms with Gasteiger partial charge in [0.15, 0.2) is 0 Å². The van der Waals surface area contributed by atoms with E-state index in [1.807, 2.05) is 11.9 Å². The first-order chi connectivity index (χ1) is 16.4. The number of benzene rings is 1. The number of rotatable bonds is 3. The molecule has 5 rings (SSSR count). The predicted octanol–water partition coefficient (Wildman–Crippen LogP) is 5.78. The highest BCUT2D eigenvalue weighted by Gasteiger charge is 2.61. The normalized spacial score (nSPS) is 38.4. The lowest BCUT2D eigenvalue weighted by molar-refractivity contribution is -0.274. The van der Waals surface area contributed by atoms with Crippen molar-refractivity contribution in [2.75, 3.05) is 12.4 Å². The molecule has 0 saturated heterocycles. The van der Waals surface area contributed by atoms with Crippen molar-refractivity contribution in [1.82, 2.24) is 4.90 Å². The smallest absolute Gasteiger partial charge is 0.406 e. The van der Waals surface area contributed by atoms with Gasteiger partial charge in [-0.2, -0.15) is 0 Å². The van der Waals surface area contributed by atoms with E-state index in [0.717, 1.165) is 38.5 Å². The largest absolute Gasteiger partial charge is 0.573 e. The van der Waals surface area contributed by atoms with Crippen LogP contribution in [0.5, 0.6) is 5.75 Å². The molecule has 1 aromatic rings. The molecule has 3 aliphatic carbocycles. The minimum atomic E-state index is -4.74. The fourth-order valence-corrected chi connectivity index (χ4v) is 8.14. The van der Waals surface area contributed by atoms with Crippen LogP contribution in [0.15, 0.2) is 36.4 Å². The molecule has 0 spiro atoms. The summed E-state index contributed by atoms with van der Waals surface area (Å²) in [6.45, 7) is 4.56. The molecule has 0 aromatic heterocycles. The minimum absolute atomic E-state index is 0.0342. The molecular formula is C27H33F3N2O3. The van der Waals surface area contributed by atoms with E-state index in [4.69, 9.17) is 0 Å². The van der Waals surface area contributed by atoms with Gasteiger partial charge in [-0.15, -0.1) is 13.2 Å². The summed E-state index contributed by atoms with van der Waals surface area (Å²) in [5, 5.41) is 2.94. The molecule has 2 unspecified atom stereocenters. The van der Waals surface area contributed by atoms with Gasteiger partial charge in [0.2, 0.25) is 11.8 Å². The lowest BCUT2D eigenvalue weighted by Gasteiger charge is -2.60. The van der Waals surface area contributed by atoms with Gasteiger partial charge in [-0.1, -0.05) is 19.9 Å². The number of anilines is 1. The second kappa shape index (κ2) is 8.27. The number of nitrogens with one attached hydrogen (secondary N) is 1. The van der Waals surface area contributed by atoms with Crippen molar-refractivity contribution in [3.05, 3.63) is 36.4 Å². The number of halogens is 3. The van der Waals surface area contributed by atoms with E-state index in [0.29, 0.717) is 23.4 Å². The molecule has 35 heavy (non-hydrogen) atoms. The fraction of sp³-hybridized carbons (Fsp3) is 0.630. The molecule has 1 heterocycles. The zero-order valence-corrected chi connectivity index (χ0v) is 20.4. The molecule has 3 saturated carbocycles. The minimum Gasteiger partial charge on any atom is -0.406 e. The van der Waals surface area contributed by atoms with Crippen LogP contribution in [0.25, 0.3) is 0 Å². The Labute approximate surface area is 204 Å². The van der Waals surface area contributed by atoms with Crippen molar-refractivity contribution in [1.29, 1.82) is 0 Å². The van der Waals surface area contributed by atoms with Gasteiger partial charge in [0, 0.05) is 30.1 Å². The fourth-order valence-electron chi connectivity index (χ4n) is 8.14. The maximum absolute atomic E-state index is 13.3. The molecule has 7 atom stereocenters. The molecule has 1 aromatic carbocycles. The standard InChI is InChI=1S/C27H33F3N2O3/c1-25-14-12-20-18(8-11-22-26(20,2)15-13-23(33)32(22)3)19(25)9-10-21(25)24(34)31-16-4-6-17(7-5-16)35-27(28,29)30/h4-7,13,15,18-22H,8-12,14H2,1-3H3,(H,31,34)/t18-,19-,20+,21?,22?,25-,26+/m0/s1. The third kappa shape index (κ3) is 4.02. The summed E-state index contributed by atoms with van der Waals surface area (Å²) in [5.41, 5.74) is 0.333. The highest BCUT2D eigenvalue weighted by Crippen LogP contribution is 2.65. The molecule has 0 radical (unpaired) electrons. The number of carbonyl (C=O) groups excluding carboxylic acids is 2. The van der Waals surface area contributed by atoms with Crippen LogP contribution in [0.4, 0.5) is 18.9 Å². The zero-order chi connectivity index (χ0) is 25.2. The summed E-state index contributed by atoms with van der Waals surface area (Å²) in [4.78, 5) is 27.5. The molecule has 5 nitrogen and oxygen atoms in total. The van der Waals surface area contributed by atoms with Gasteiger partial charge in [0.1, 0.15) is 5.75 Å². The Balaban J connectivity index is 1.30. The average Bonchev–Trinajstić information content (AvgIpc) is 3.14. The summed E-state index contributed by atoms with van der Waals surface area (Å²) >= 11 is 0. The van der Waals surface area contributed by atoms with Crippen LogP contribution < -0.4 is 10.1 Å². The Morgan fingerprint density at radius 1 is 1.06 bits per heavy atom. The SMILES string of the molecule is CN1C(=O)C=C[C@@]2(C)C1CC[C@@H]1[C@H]2CC[C@]2(C)C(C(=O)Nc3ccc(OC(F)(F)F)cc3)CC[C@@H]12. The van der Waals surface area contributed by atoms with E-state index in [1.165, 1.54) is 24.3 Å². The topological polar surface area (TPSA) is 58.6 Å². The van der Waals surface area contributed by atoms with Gasteiger partial charge in [0.25, 0.3) is 0 Å². The summed E-state index contributed by atoms with van der Waals surface area (Å²) in [6.07, 6.45) is 5.03. The maximum Gasteiger partial charge on any atom is 0.573 e. The molecule has 3 fully saturated rings. The van der Waals surface area contributed by atoms with E-state index in [9.17, 15) is 22.8 Å². The molecule has 190 valence electrons. The number of alkyl halides is 3. The lowest BCUT2D eigenvalue weighted by atomic mass is 9.47. The number of carbonyl (C=O) groups is 2. The molecule has 8 heteroatoms. The highest BCUT2D eigenvalue weighted by molar-refractivity contribution is 5.93. The molecular weight excluding hydrogens is 457 g/mol. The lowest BCUT2D eigenvalue weighted by Crippen LogP contribution is -2.59. The van der Waals surface area contributed by atoms with Crippen LogP contribution in [0, 0.1) is 34.5 Å². The van der Waals surface area contributed by atoms with Crippen molar-refractivity contribution in [3.8, 4) is 5.75 Å². The molecule has 1 aliphatic heterocycles. The van der Waals surface area contributed by atoms with Gasteiger partial charge in [-0.05, 0) is 92.0 Å². The monoisotopic (exact) mass is 490 g/mol. The molecule has 0 bridgehead atoms. The first-order valence-corrected chi connectivity index (χ1v) is 12.5. The molecule has 2 amide bonds. The van der Waals surface area contributed by atoms with Crippen molar-refractivity contribution in [3.63, 3.8) is 0 Å². The number of nitrogens with zero attached hydrogens (tertiary/aromatic N) is 1. The summed E-state index contributed by atoms with van der Waals surface area (Å²) in [6, 6.07) is 5.55. The second-order valence-corrected chi connectivity index (χ2v) is 11.4. The van der Waals surface area contributed by atoms with Gasteiger partial charge >= 0.3 is 6.36 Å². The van der Waals surface area contributed by atoms with Crippen LogP contribution in [0.3, 0.4) is 0 Å². The van der Waals surface area contributed by atoms with E-state index in [1.54, 1.807) is 6.08 Å². The average molecular weight is 491 g/mol. The molecule has 4 aliphatic rings. The number of hydrogen-bond acceptors (Lipinski definition) is 3. The van der Waals surface area contributed by atoms with Gasteiger partial charge in [-0.3, -0.25) is 9.59 Å². The Morgan fingerprint density at radius 2 is 1.77 bits per heavy atom. The van der Waals surface area contributed by atoms with Crippen molar-refractivity contribution in [2.45, 2.75) is 64.8 Å². The van der Waals surface area contributed by atoms with Crippen LogP contribution in [-0.4, -0.2) is 36.2 Å². The van der Waals surface area contributed by atoms with E-state index in [-0.39, 0.29) is 40.4 Å². The summed E-state index contributed by atoms with van der Waals surface area (Å²) in [5.74, 6) is 1.06. The first-order valence-electron chi connectivity index (χ1n) is 12.5. The van der Waals surface area contributed by atoms with Crippen LogP contribution in [-0.2, 0) is 9.59 Å². The van der Waals surface area contributed by atoms with Gasteiger partial charge < -0.3 is 15.0 Å². The van der Waals surface area contributed by atoms with E-state index >= 15 is 0 Å². The van der Waals surface area contributed by atoms with Crippen molar-refractivity contribution >= 4 is 17.5 Å². The Hall–Kier alpha value is -2.51. The van der Waals surface area contributed by atoms with Crippen LogP contribution >= 0.6 is 0 Å². The third-order valence-electron chi connectivity index (χ3n) is 9.80. The van der Waals surface area contributed by atoms with Crippen LogP contribution in [0.2, 0.25) is 0 Å². The van der Waals surface area contributed by atoms with Gasteiger partial charge in [0.05, 0.1) is 0 Å². The Morgan fingerprint density at radius 3 is 2.46 bits per heavy atom. The van der Waals surface area contributed by atoms with E-state index in [2.05, 4.69) is 30.0 Å². The number of amides is 2. The summed E-state index contributed by atoms with van der Waals surface area (Å²) < 4.78 is 41.2. The Bertz CT molecular complexity index is 1040. The van der Waals surface area contributed by atoms with Gasteiger partial charge in [-0.25, -0.2) is 0 Å².